The first-order valence-electron chi connectivity index (χ1n) is 9.81. The van der Waals surface area contributed by atoms with Crippen molar-refractivity contribution >= 4 is 18.4 Å². The molecule has 27 heavy (non-hydrogen) atoms. The number of carbonyl (C=O) groups is 1. The van der Waals surface area contributed by atoms with Gasteiger partial charge in [-0.25, -0.2) is 4.79 Å². The first-order chi connectivity index (χ1) is 12.8. The molecule has 0 aromatic heterocycles. The van der Waals surface area contributed by atoms with E-state index in [0.29, 0.717) is 11.5 Å². The fourth-order valence-corrected chi connectivity index (χ4v) is 3.75. The molecule has 1 heterocycles. The van der Waals surface area contributed by atoms with Crippen LogP contribution in [0.5, 0.6) is 0 Å². The number of esters is 1. The largest absolute Gasteiger partial charge is 0.454 e. The molecule has 0 spiro atoms. The molecular weight excluding hydrogens is 358 g/mol. The maximum atomic E-state index is 12.7. The molecule has 4 heteroatoms. The van der Waals surface area contributed by atoms with Crippen LogP contribution in [0, 0.1) is 5.92 Å². The molecule has 2 atom stereocenters. The van der Waals surface area contributed by atoms with Gasteiger partial charge >= 0.3 is 5.97 Å². The predicted molar refractivity (Wildman–Crippen MR) is 112 cm³/mol. The molecule has 0 radical (unpaired) electrons. The summed E-state index contributed by atoms with van der Waals surface area (Å²) in [5.74, 6) is 0.0553. The van der Waals surface area contributed by atoms with Gasteiger partial charge in [-0.15, -0.1) is 12.4 Å². The SMILES string of the molecule is CCC(CN1CCCCC1)C(OC(=O)c1ccccc1)c1ccccc1.Cl. The first kappa shape index (κ1) is 21.5. The maximum absolute atomic E-state index is 12.7. The maximum Gasteiger partial charge on any atom is 0.338 e. The smallest absolute Gasteiger partial charge is 0.338 e. The summed E-state index contributed by atoms with van der Waals surface area (Å²) in [6.07, 6.45) is 4.65. The van der Waals surface area contributed by atoms with Crippen molar-refractivity contribution in [3.63, 3.8) is 0 Å². The number of hydrogen-bond donors (Lipinski definition) is 0. The molecule has 0 saturated carbocycles. The Morgan fingerprint density at radius 3 is 2.15 bits per heavy atom. The molecule has 1 aliphatic heterocycles. The van der Waals surface area contributed by atoms with E-state index in [1.54, 1.807) is 0 Å². The summed E-state index contributed by atoms with van der Waals surface area (Å²) < 4.78 is 6.05. The summed E-state index contributed by atoms with van der Waals surface area (Å²) in [6.45, 7) is 5.49. The van der Waals surface area contributed by atoms with E-state index in [9.17, 15) is 4.79 Å². The van der Waals surface area contributed by atoms with Crippen molar-refractivity contribution in [1.29, 1.82) is 0 Å². The van der Waals surface area contributed by atoms with E-state index in [1.165, 1.54) is 19.3 Å². The highest BCUT2D eigenvalue weighted by atomic mass is 35.5. The second-order valence-electron chi connectivity index (χ2n) is 7.13. The van der Waals surface area contributed by atoms with Crippen LogP contribution in [0.15, 0.2) is 60.7 Å². The zero-order valence-corrected chi connectivity index (χ0v) is 16.9. The van der Waals surface area contributed by atoms with Crippen molar-refractivity contribution in [3.8, 4) is 0 Å². The molecular formula is C23H30ClNO2. The Bertz CT molecular complexity index is 671. The molecule has 0 aliphatic carbocycles. The van der Waals surface area contributed by atoms with Crippen molar-refractivity contribution in [1.82, 2.24) is 4.90 Å². The zero-order chi connectivity index (χ0) is 18.2. The minimum Gasteiger partial charge on any atom is -0.454 e. The van der Waals surface area contributed by atoms with Gasteiger partial charge in [0.15, 0.2) is 0 Å². The lowest BCUT2D eigenvalue weighted by molar-refractivity contribution is 0.00465. The van der Waals surface area contributed by atoms with Gasteiger partial charge in [0, 0.05) is 12.5 Å². The molecule has 1 saturated heterocycles. The summed E-state index contributed by atoms with van der Waals surface area (Å²) in [5, 5.41) is 0. The number of nitrogens with zero attached hydrogens (tertiary/aromatic N) is 1. The molecule has 0 amide bonds. The highest BCUT2D eigenvalue weighted by molar-refractivity contribution is 5.89. The Morgan fingerprint density at radius 1 is 0.963 bits per heavy atom. The standard InChI is InChI=1S/C23H29NO2.ClH/c1-2-19(18-24-16-10-5-11-17-24)22(20-12-6-3-7-13-20)26-23(25)21-14-8-4-9-15-21;/h3-4,6-9,12-15,19,22H,2,5,10-11,16-18H2,1H3;1H. The molecule has 2 aromatic carbocycles. The summed E-state index contributed by atoms with van der Waals surface area (Å²) in [6, 6.07) is 19.5. The molecule has 3 rings (SSSR count). The van der Waals surface area contributed by atoms with Gasteiger partial charge in [0.25, 0.3) is 0 Å². The van der Waals surface area contributed by atoms with E-state index >= 15 is 0 Å². The lowest BCUT2D eigenvalue weighted by atomic mass is 9.92. The van der Waals surface area contributed by atoms with Crippen molar-refractivity contribution in [3.05, 3.63) is 71.8 Å². The molecule has 2 unspecified atom stereocenters. The van der Waals surface area contributed by atoms with Crippen molar-refractivity contribution in [2.24, 2.45) is 5.92 Å². The van der Waals surface area contributed by atoms with E-state index in [0.717, 1.165) is 31.6 Å². The van der Waals surface area contributed by atoms with Crippen LogP contribution in [-0.2, 0) is 4.74 Å². The Morgan fingerprint density at radius 2 is 1.56 bits per heavy atom. The Hall–Kier alpha value is -1.84. The summed E-state index contributed by atoms with van der Waals surface area (Å²) in [4.78, 5) is 15.2. The molecule has 0 bridgehead atoms. The van der Waals surface area contributed by atoms with Crippen LogP contribution in [0.3, 0.4) is 0 Å². The van der Waals surface area contributed by atoms with Crippen molar-refractivity contribution in [2.45, 2.75) is 38.7 Å². The Kier molecular flexibility index (Phi) is 8.83. The molecule has 3 nitrogen and oxygen atoms in total. The zero-order valence-electron chi connectivity index (χ0n) is 16.0. The average Bonchev–Trinajstić information content (AvgIpc) is 2.72. The lowest BCUT2D eigenvalue weighted by Gasteiger charge is -2.34. The fraction of sp³-hybridized carbons (Fsp3) is 0.435. The molecule has 0 N–H and O–H groups in total. The lowest BCUT2D eigenvalue weighted by Crippen LogP contribution is -2.36. The van der Waals surface area contributed by atoms with Crippen LogP contribution in [-0.4, -0.2) is 30.5 Å². The molecule has 1 fully saturated rings. The Labute approximate surface area is 169 Å². The number of rotatable bonds is 7. The number of ether oxygens (including phenoxy) is 1. The van der Waals surface area contributed by atoms with Gasteiger partial charge in [0.1, 0.15) is 6.10 Å². The number of likely N-dealkylation sites (tertiary alicyclic amines) is 1. The van der Waals surface area contributed by atoms with Gasteiger partial charge in [-0.3, -0.25) is 0 Å². The molecule has 2 aromatic rings. The van der Waals surface area contributed by atoms with E-state index in [1.807, 2.05) is 48.5 Å². The minimum atomic E-state index is -0.239. The summed E-state index contributed by atoms with van der Waals surface area (Å²) in [7, 11) is 0. The predicted octanol–water partition coefficient (Wildman–Crippen LogP) is 5.52. The van der Waals surface area contributed by atoms with E-state index in [-0.39, 0.29) is 24.5 Å². The van der Waals surface area contributed by atoms with E-state index < -0.39 is 0 Å². The summed E-state index contributed by atoms with van der Waals surface area (Å²) >= 11 is 0. The van der Waals surface area contributed by atoms with Crippen LogP contribution in [0.2, 0.25) is 0 Å². The van der Waals surface area contributed by atoms with Crippen LogP contribution in [0.25, 0.3) is 0 Å². The van der Waals surface area contributed by atoms with Crippen LogP contribution in [0.1, 0.15) is 54.6 Å². The average molecular weight is 388 g/mol. The van der Waals surface area contributed by atoms with Crippen molar-refractivity contribution in [2.75, 3.05) is 19.6 Å². The molecule has 1 aliphatic rings. The number of halogens is 1. The van der Waals surface area contributed by atoms with Gasteiger partial charge in [-0.2, -0.15) is 0 Å². The van der Waals surface area contributed by atoms with Gasteiger partial charge in [-0.05, 0) is 50.0 Å². The van der Waals surface area contributed by atoms with E-state index in [2.05, 4.69) is 24.0 Å². The molecule has 146 valence electrons. The second kappa shape index (κ2) is 11.1. The van der Waals surface area contributed by atoms with Crippen LogP contribution < -0.4 is 0 Å². The third-order valence-corrected chi connectivity index (χ3v) is 5.27. The topological polar surface area (TPSA) is 29.5 Å². The normalized spacial score (nSPS) is 16.8. The number of piperidine rings is 1. The van der Waals surface area contributed by atoms with Gasteiger partial charge in [-0.1, -0.05) is 61.9 Å². The van der Waals surface area contributed by atoms with Gasteiger partial charge in [0.05, 0.1) is 5.56 Å². The quantitative estimate of drug-likeness (QED) is 0.586. The van der Waals surface area contributed by atoms with Gasteiger partial charge < -0.3 is 9.64 Å². The monoisotopic (exact) mass is 387 g/mol. The fourth-order valence-electron chi connectivity index (χ4n) is 3.75. The van der Waals surface area contributed by atoms with Crippen molar-refractivity contribution < 1.29 is 9.53 Å². The third kappa shape index (κ3) is 6.08. The highest BCUT2D eigenvalue weighted by Crippen LogP contribution is 2.31. The number of hydrogen-bond acceptors (Lipinski definition) is 3. The Balaban J connectivity index is 0.00000261. The summed E-state index contributed by atoms with van der Waals surface area (Å²) in [5.41, 5.74) is 1.70. The van der Waals surface area contributed by atoms with Crippen LogP contribution in [0.4, 0.5) is 0 Å². The van der Waals surface area contributed by atoms with E-state index in [4.69, 9.17) is 4.74 Å². The third-order valence-electron chi connectivity index (χ3n) is 5.27. The highest BCUT2D eigenvalue weighted by Gasteiger charge is 2.28. The van der Waals surface area contributed by atoms with Gasteiger partial charge in [0.2, 0.25) is 0 Å². The number of benzene rings is 2. The second-order valence-corrected chi connectivity index (χ2v) is 7.13. The number of carbonyl (C=O) groups excluding carboxylic acids is 1. The minimum absolute atomic E-state index is 0. The first-order valence-corrected chi connectivity index (χ1v) is 9.81. The van der Waals surface area contributed by atoms with Crippen LogP contribution >= 0.6 is 12.4 Å².